The Bertz CT molecular complexity index is 582. The zero-order valence-electron chi connectivity index (χ0n) is 9.95. The van der Waals surface area contributed by atoms with Gasteiger partial charge in [0, 0.05) is 18.3 Å². The molecule has 1 aromatic heterocycles. The number of halogens is 1. The number of aryl methyl sites for hydroxylation is 1. The quantitative estimate of drug-likeness (QED) is 0.907. The minimum Gasteiger partial charge on any atom is -0.388 e. The Kier molecular flexibility index (Phi) is 3.98. The maximum Gasteiger partial charge on any atom is 0.257 e. The van der Waals surface area contributed by atoms with Gasteiger partial charge in [-0.2, -0.15) is 0 Å². The first-order valence-corrected chi connectivity index (χ1v) is 6.92. The van der Waals surface area contributed by atoms with Gasteiger partial charge in [0.25, 0.3) is 5.91 Å². The number of hydrogen-bond donors (Lipinski definition) is 2. The van der Waals surface area contributed by atoms with Gasteiger partial charge in [-0.15, -0.1) is 0 Å². The third kappa shape index (κ3) is 2.88. The average Bonchev–Trinajstić information content (AvgIpc) is 2.74. The lowest BCUT2D eigenvalue weighted by Crippen LogP contribution is -2.12. The van der Waals surface area contributed by atoms with Crippen LogP contribution >= 0.6 is 27.3 Å². The molecule has 0 spiro atoms. The molecule has 2 rings (SSSR count). The Balaban J connectivity index is 2.16. The van der Waals surface area contributed by atoms with Crippen molar-refractivity contribution in [2.24, 2.45) is 0 Å². The van der Waals surface area contributed by atoms with E-state index < -0.39 is 0 Å². The third-order valence-electron chi connectivity index (χ3n) is 2.46. The van der Waals surface area contributed by atoms with Crippen LogP contribution < -0.4 is 10.6 Å². The molecule has 0 fully saturated rings. The lowest BCUT2D eigenvalue weighted by atomic mass is 10.1. The molecule has 2 aromatic rings. The van der Waals surface area contributed by atoms with Crippen molar-refractivity contribution in [2.45, 2.75) is 6.92 Å². The molecular weight excluding hydrogens is 314 g/mol. The molecule has 6 heteroatoms. The number of nitrogens with zero attached hydrogens (tertiary/aromatic N) is 1. The average molecular weight is 326 g/mol. The molecule has 1 heterocycles. The zero-order valence-corrected chi connectivity index (χ0v) is 12.4. The van der Waals surface area contributed by atoms with Gasteiger partial charge in [0.1, 0.15) is 0 Å². The highest BCUT2D eigenvalue weighted by atomic mass is 79.9. The molecule has 4 nitrogen and oxygen atoms in total. The summed E-state index contributed by atoms with van der Waals surface area (Å²) in [5, 5.41) is 6.41. The van der Waals surface area contributed by atoms with Crippen LogP contribution in [-0.4, -0.2) is 17.9 Å². The second-order valence-electron chi connectivity index (χ2n) is 3.70. The number of amides is 1. The summed E-state index contributed by atoms with van der Waals surface area (Å²) in [5.41, 5.74) is 2.67. The number of rotatable bonds is 3. The Morgan fingerprint density at radius 1 is 1.44 bits per heavy atom. The molecule has 18 heavy (non-hydrogen) atoms. The number of nitrogens with one attached hydrogen (secondary N) is 2. The first-order valence-electron chi connectivity index (χ1n) is 5.31. The summed E-state index contributed by atoms with van der Waals surface area (Å²) in [6.45, 7) is 1.96. The minimum absolute atomic E-state index is 0.150. The number of thiazole rings is 1. The van der Waals surface area contributed by atoms with Gasteiger partial charge < -0.3 is 5.32 Å². The predicted octanol–water partition coefficient (Wildman–Crippen LogP) is 3.51. The number of hydrogen-bond acceptors (Lipinski definition) is 4. The first kappa shape index (κ1) is 13.0. The number of carbonyl (C=O) groups excluding carboxylic acids is 1. The number of benzene rings is 1. The van der Waals surface area contributed by atoms with E-state index in [1.165, 1.54) is 11.3 Å². The highest BCUT2D eigenvalue weighted by Crippen LogP contribution is 2.24. The maximum atomic E-state index is 12.0. The van der Waals surface area contributed by atoms with Crippen LogP contribution in [0.5, 0.6) is 0 Å². The summed E-state index contributed by atoms with van der Waals surface area (Å²) in [6, 6.07) is 5.53. The normalized spacial score (nSPS) is 10.2. The summed E-state index contributed by atoms with van der Waals surface area (Å²) in [5.74, 6) is -0.150. The van der Waals surface area contributed by atoms with Gasteiger partial charge in [-0.05, 0) is 46.6 Å². The Morgan fingerprint density at radius 2 is 2.22 bits per heavy atom. The Labute approximate surface area is 118 Å². The van der Waals surface area contributed by atoms with E-state index >= 15 is 0 Å². The topological polar surface area (TPSA) is 54.0 Å². The molecule has 1 aromatic carbocycles. The second-order valence-corrected chi connectivity index (χ2v) is 6.11. The van der Waals surface area contributed by atoms with Crippen molar-refractivity contribution < 1.29 is 4.79 Å². The van der Waals surface area contributed by atoms with E-state index in [1.807, 2.05) is 26.1 Å². The van der Waals surface area contributed by atoms with Crippen LogP contribution in [0, 0.1) is 6.92 Å². The highest BCUT2D eigenvalue weighted by molar-refractivity contribution is 9.11. The molecule has 0 aliphatic rings. The van der Waals surface area contributed by atoms with Crippen molar-refractivity contribution in [2.75, 3.05) is 17.7 Å². The van der Waals surface area contributed by atoms with Crippen molar-refractivity contribution >= 4 is 44.0 Å². The number of aromatic nitrogens is 1. The molecule has 94 valence electrons. The first-order chi connectivity index (χ1) is 8.60. The lowest BCUT2D eigenvalue weighted by molar-refractivity contribution is 0.102. The predicted molar refractivity (Wildman–Crippen MR) is 78.5 cm³/mol. The molecule has 2 N–H and O–H groups in total. The van der Waals surface area contributed by atoms with Crippen molar-refractivity contribution in [3.05, 3.63) is 39.3 Å². The van der Waals surface area contributed by atoms with Gasteiger partial charge in [0.15, 0.2) is 5.13 Å². The van der Waals surface area contributed by atoms with Gasteiger partial charge in [-0.1, -0.05) is 11.3 Å². The van der Waals surface area contributed by atoms with E-state index in [0.717, 1.165) is 15.0 Å². The molecule has 0 saturated carbocycles. The molecule has 0 radical (unpaired) electrons. The van der Waals surface area contributed by atoms with E-state index in [-0.39, 0.29) is 5.91 Å². The van der Waals surface area contributed by atoms with Gasteiger partial charge in [-0.25, -0.2) is 4.98 Å². The smallest absolute Gasteiger partial charge is 0.257 e. The monoisotopic (exact) mass is 325 g/mol. The lowest BCUT2D eigenvalue weighted by Gasteiger charge is -2.07. The van der Waals surface area contributed by atoms with E-state index in [4.69, 9.17) is 0 Å². The largest absolute Gasteiger partial charge is 0.388 e. The van der Waals surface area contributed by atoms with Crippen molar-refractivity contribution in [1.29, 1.82) is 0 Å². The summed E-state index contributed by atoms with van der Waals surface area (Å²) < 4.78 is 0.888. The van der Waals surface area contributed by atoms with Crippen molar-refractivity contribution in [3.63, 3.8) is 0 Å². The van der Waals surface area contributed by atoms with E-state index in [1.54, 1.807) is 12.3 Å². The molecule has 0 atom stereocenters. The van der Waals surface area contributed by atoms with E-state index in [9.17, 15) is 4.79 Å². The van der Waals surface area contributed by atoms with Crippen LogP contribution in [-0.2, 0) is 0 Å². The standard InChI is InChI=1S/C12H12BrN3OS/c1-7-5-8(3-4-9(7)14-2)11(17)16-12-15-6-10(13)18-12/h3-6,14H,1-2H3,(H,15,16,17). The summed E-state index contributed by atoms with van der Waals surface area (Å²) >= 11 is 4.69. The van der Waals surface area contributed by atoms with Crippen LogP contribution in [0.1, 0.15) is 15.9 Å². The van der Waals surface area contributed by atoms with Crippen molar-refractivity contribution in [1.82, 2.24) is 4.98 Å². The molecule has 0 aliphatic heterocycles. The molecular formula is C12H12BrN3OS. The second kappa shape index (κ2) is 5.49. The van der Waals surface area contributed by atoms with Gasteiger partial charge in [0.05, 0.1) is 9.98 Å². The third-order valence-corrected chi connectivity index (χ3v) is 3.85. The van der Waals surface area contributed by atoms with E-state index in [2.05, 4.69) is 31.5 Å². The SMILES string of the molecule is CNc1ccc(C(=O)Nc2ncc(Br)s2)cc1C. The molecule has 1 amide bonds. The fourth-order valence-corrected chi connectivity index (χ4v) is 2.67. The van der Waals surface area contributed by atoms with Gasteiger partial charge in [-0.3, -0.25) is 10.1 Å². The number of anilines is 2. The number of carbonyl (C=O) groups is 1. The Hall–Kier alpha value is -1.40. The van der Waals surface area contributed by atoms with Crippen LogP contribution in [0.4, 0.5) is 10.8 Å². The molecule has 0 aliphatic carbocycles. The summed E-state index contributed by atoms with van der Waals surface area (Å²) in [6.07, 6.45) is 1.66. The zero-order chi connectivity index (χ0) is 13.1. The van der Waals surface area contributed by atoms with Crippen molar-refractivity contribution in [3.8, 4) is 0 Å². The van der Waals surface area contributed by atoms with Gasteiger partial charge >= 0.3 is 0 Å². The van der Waals surface area contributed by atoms with Crippen LogP contribution in [0.25, 0.3) is 0 Å². The summed E-state index contributed by atoms with van der Waals surface area (Å²) in [4.78, 5) is 16.1. The van der Waals surface area contributed by atoms with Crippen LogP contribution in [0.3, 0.4) is 0 Å². The Morgan fingerprint density at radius 3 is 2.78 bits per heavy atom. The maximum absolute atomic E-state index is 12.0. The fraction of sp³-hybridized carbons (Fsp3) is 0.167. The highest BCUT2D eigenvalue weighted by Gasteiger charge is 2.09. The minimum atomic E-state index is -0.150. The van der Waals surface area contributed by atoms with Crippen LogP contribution in [0.15, 0.2) is 28.2 Å². The molecule has 0 unspecified atom stereocenters. The van der Waals surface area contributed by atoms with Gasteiger partial charge in [0.2, 0.25) is 0 Å². The molecule has 0 saturated heterocycles. The van der Waals surface area contributed by atoms with Crippen LogP contribution in [0.2, 0.25) is 0 Å². The summed E-state index contributed by atoms with van der Waals surface area (Å²) in [7, 11) is 1.86. The fourth-order valence-electron chi connectivity index (χ4n) is 1.57. The van der Waals surface area contributed by atoms with E-state index in [0.29, 0.717) is 10.7 Å². The molecule has 0 bridgehead atoms.